The van der Waals surface area contributed by atoms with Gasteiger partial charge in [-0.15, -0.1) is 0 Å². The van der Waals surface area contributed by atoms with Gasteiger partial charge in [0.15, 0.2) is 5.78 Å². The fourth-order valence-electron chi connectivity index (χ4n) is 1.80. The fourth-order valence-corrected chi connectivity index (χ4v) is 2.20. The smallest absolute Gasteiger partial charge is 0.159 e. The van der Waals surface area contributed by atoms with Crippen molar-refractivity contribution in [1.82, 2.24) is 4.98 Å². The van der Waals surface area contributed by atoms with Crippen LogP contribution >= 0.6 is 23.2 Å². The molecule has 0 N–H and O–H groups in total. The zero-order valence-corrected chi connectivity index (χ0v) is 11.6. The topological polar surface area (TPSA) is 30.0 Å². The molecule has 0 aliphatic carbocycles. The highest BCUT2D eigenvalue weighted by atomic mass is 35.5. The molecule has 0 atom stereocenters. The number of halogens is 2. The van der Waals surface area contributed by atoms with E-state index in [0.29, 0.717) is 10.0 Å². The summed E-state index contributed by atoms with van der Waals surface area (Å²) < 4.78 is 0. The fraction of sp³-hybridized carbons (Fsp3) is 0.0667. The Balaban J connectivity index is 2.53. The van der Waals surface area contributed by atoms with E-state index in [1.54, 1.807) is 18.5 Å². The molecule has 96 valence electrons. The van der Waals surface area contributed by atoms with E-state index in [1.165, 1.54) is 6.08 Å². The average molecular weight is 292 g/mol. The third-order valence-corrected chi connectivity index (χ3v) is 3.56. The van der Waals surface area contributed by atoms with Crippen LogP contribution in [0.1, 0.15) is 5.56 Å². The van der Waals surface area contributed by atoms with Crippen LogP contribution in [0.5, 0.6) is 0 Å². The summed E-state index contributed by atoms with van der Waals surface area (Å²) in [6.45, 7) is 3.47. The van der Waals surface area contributed by atoms with E-state index >= 15 is 0 Å². The molecule has 2 rings (SSSR count). The number of hydrogen-bond donors (Lipinski definition) is 0. The molecule has 0 aliphatic heterocycles. The van der Waals surface area contributed by atoms with Crippen molar-refractivity contribution in [2.75, 3.05) is 0 Å². The Labute approximate surface area is 121 Å². The van der Waals surface area contributed by atoms with E-state index in [4.69, 9.17) is 23.2 Å². The van der Waals surface area contributed by atoms with Gasteiger partial charge in [-0.1, -0.05) is 41.9 Å². The van der Waals surface area contributed by atoms with Crippen molar-refractivity contribution in [3.05, 3.63) is 64.9 Å². The van der Waals surface area contributed by atoms with Crippen molar-refractivity contribution < 1.29 is 4.79 Å². The Morgan fingerprint density at radius 2 is 2.05 bits per heavy atom. The Morgan fingerprint density at radius 1 is 1.26 bits per heavy atom. The van der Waals surface area contributed by atoms with Gasteiger partial charge in [-0.3, -0.25) is 9.78 Å². The molecule has 4 heteroatoms. The lowest BCUT2D eigenvalue weighted by molar-refractivity contribution is -0.114. The van der Waals surface area contributed by atoms with E-state index in [1.807, 2.05) is 18.2 Å². The van der Waals surface area contributed by atoms with Gasteiger partial charge >= 0.3 is 0 Å². The molecule has 0 fully saturated rings. The minimum absolute atomic E-state index is 0.0626. The summed E-state index contributed by atoms with van der Waals surface area (Å²) in [5, 5.41) is 0.958. The average Bonchev–Trinajstić information content (AvgIpc) is 2.42. The monoisotopic (exact) mass is 291 g/mol. The van der Waals surface area contributed by atoms with Crippen molar-refractivity contribution >= 4 is 29.0 Å². The maximum atomic E-state index is 11.5. The molecule has 1 aromatic carbocycles. The van der Waals surface area contributed by atoms with Crippen LogP contribution in [0, 0.1) is 0 Å². The number of hydrogen-bond acceptors (Lipinski definition) is 2. The quantitative estimate of drug-likeness (QED) is 0.784. The van der Waals surface area contributed by atoms with Gasteiger partial charge in [0.2, 0.25) is 0 Å². The SMILES string of the molecule is C=CC(=O)Cc1cnccc1-c1cccc(Cl)c1Cl. The standard InChI is InChI=1S/C15H11Cl2NO/c1-2-11(19)8-10-9-18-7-6-12(10)13-4-3-5-14(16)15(13)17/h2-7,9H,1,8H2. The first-order chi connectivity index (χ1) is 9.13. The van der Waals surface area contributed by atoms with Crippen LogP contribution in [0.4, 0.5) is 0 Å². The van der Waals surface area contributed by atoms with Crippen LogP contribution < -0.4 is 0 Å². The highest BCUT2D eigenvalue weighted by Crippen LogP contribution is 2.34. The van der Waals surface area contributed by atoms with Gasteiger partial charge in [0.25, 0.3) is 0 Å². The highest BCUT2D eigenvalue weighted by Gasteiger charge is 2.12. The van der Waals surface area contributed by atoms with Gasteiger partial charge in [0.05, 0.1) is 10.0 Å². The van der Waals surface area contributed by atoms with Crippen LogP contribution in [-0.4, -0.2) is 10.8 Å². The van der Waals surface area contributed by atoms with Gasteiger partial charge in [-0.2, -0.15) is 0 Å². The number of pyridine rings is 1. The minimum atomic E-state index is -0.0626. The number of rotatable bonds is 4. The summed E-state index contributed by atoms with van der Waals surface area (Å²) in [7, 11) is 0. The maximum Gasteiger partial charge on any atom is 0.159 e. The Hall–Kier alpha value is -1.64. The molecule has 0 amide bonds. The molecule has 1 aromatic heterocycles. The summed E-state index contributed by atoms with van der Waals surface area (Å²) in [6.07, 6.45) is 4.87. The zero-order valence-electron chi connectivity index (χ0n) is 10.1. The van der Waals surface area contributed by atoms with Crippen LogP contribution in [0.3, 0.4) is 0 Å². The number of allylic oxidation sites excluding steroid dienone is 1. The van der Waals surface area contributed by atoms with Gasteiger partial charge in [-0.05, 0) is 29.3 Å². The van der Waals surface area contributed by atoms with Crippen molar-refractivity contribution in [1.29, 1.82) is 0 Å². The number of benzene rings is 1. The molecule has 1 heterocycles. The summed E-state index contributed by atoms with van der Waals surface area (Å²) >= 11 is 12.2. The summed E-state index contributed by atoms with van der Waals surface area (Å²) in [5.74, 6) is -0.0626. The first-order valence-electron chi connectivity index (χ1n) is 5.66. The number of carbonyl (C=O) groups excluding carboxylic acids is 1. The molecule has 0 unspecified atom stereocenters. The molecule has 0 radical (unpaired) electrons. The molecule has 2 aromatic rings. The van der Waals surface area contributed by atoms with Crippen molar-refractivity contribution in [3.8, 4) is 11.1 Å². The second kappa shape index (κ2) is 6.00. The molecule has 2 nitrogen and oxygen atoms in total. The minimum Gasteiger partial charge on any atom is -0.295 e. The van der Waals surface area contributed by atoms with Gasteiger partial charge < -0.3 is 0 Å². The Kier molecular flexibility index (Phi) is 4.35. The molecule has 0 saturated carbocycles. The lowest BCUT2D eigenvalue weighted by Crippen LogP contribution is -2.01. The molecule has 0 saturated heterocycles. The van der Waals surface area contributed by atoms with Gasteiger partial charge in [0, 0.05) is 24.4 Å². The third kappa shape index (κ3) is 3.03. The van der Waals surface area contributed by atoms with Crippen LogP contribution in [0.2, 0.25) is 10.0 Å². The van der Waals surface area contributed by atoms with E-state index < -0.39 is 0 Å². The third-order valence-electron chi connectivity index (χ3n) is 2.74. The van der Waals surface area contributed by atoms with Gasteiger partial charge in [0.1, 0.15) is 0 Å². The number of aromatic nitrogens is 1. The summed E-state index contributed by atoms with van der Waals surface area (Å²) in [6, 6.07) is 7.24. The van der Waals surface area contributed by atoms with Crippen molar-refractivity contribution in [2.45, 2.75) is 6.42 Å². The first-order valence-corrected chi connectivity index (χ1v) is 6.41. The predicted molar refractivity (Wildman–Crippen MR) is 78.6 cm³/mol. The lowest BCUT2D eigenvalue weighted by Gasteiger charge is -2.10. The lowest BCUT2D eigenvalue weighted by atomic mass is 9.98. The van der Waals surface area contributed by atoms with Crippen LogP contribution in [0.15, 0.2) is 49.3 Å². The van der Waals surface area contributed by atoms with E-state index in [0.717, 1.165) is 16.7 Å². The normalized spacial score (nSPS) is 10.2. The van der Waals surface area contributed by atoms with Crippen molar-refractivity contribution in [2.24, 2.45) is 0 Å². The predicted octanol–water partition coefficient (Wildman–Crippen LogP) is 4.35. The second-order valence-corrected chi connectivity index (χ2v) is 4.77. The molecule has 0 bridgehead atoms. The van der Waals surface area contributed by atoms with Crippen LogP contribution in [-0.2, 0) is 11.2 Å². The molecular formula is C15H11Cl2NO. The molecular weight excluding hydrogens is 281 g/mol. The number of nitrogens with zero attached hydrogens (tertiary/aromatic N) is 1. The van der Waals surface area contributed by atoms with Gasteiger partial charge in [-0.25, -0.2) is 0 Å². The zero-order chi connectivity index (χ0) is 13.8. The van der Waals surface area contributed by atoms with E-state index in [9.17, 15) is 4.79 Å². The Bertz CT molecular complexity index is 638. The highest BCUT2D eigenvalue weighted by molar-refractivity contribution is 6.43. The maximum absolute atomic E-state index is 11.5. The van der Waals surface area contributed by atoms with E-state index in [2.05, 4.69) is 11.6 Å². The van der Waals surface area contributed by atoms with Crippen molar-refractivity contribution in [3.63, 3.8) is 0 Å². The molecule has 0 aliphatic rings. The number of carbonyl (C=O) groups is 1. The first kappa shape index (κ1) is 13.8. The van der Waals surface area contributed by atoms with Crippen LogP contribution in [0.25, 0.3) is 11.1 Å². The molecule has 0 spiro atoms. The second-order valence-electron chi connectivity index (χ2n) is 3.98. The Morgan fingerprint density at radius 3 is 2.79 bits per heavy atom. The van der Waals surface area contributed by atoms with E-state index in [-0.39, 0.29) is 12.2 Å². The molecule has 19 heavy (non-hydrogen) atoms. The largest absolute Gasteiger partial charge is 0.295 e. The number of ketones is 1. The summed E-state index contributed by atoms with van der Waals surface area (Å²) in [5.41, 5.74) is 2.46. The summed E-state index contributed by atoms with van der Waals surface area (Å²) in [4.78, 5) is 15.6.